The molecule has 0 aliphatic carbocycles. The van der Waals surface area contributed by atoms with Crippen LogP contribution in [0, 0.1) is 0 Å². The molecule has 0 radical (unpaired) electrons. The molecule has 0 bridgehead atoms. The van der Waals surface area contributed by atoms with E-state index in [1.54, 1.807) is 44.3 Å². The second kappa shape index (κ2) is 7.16. The summed E-state index contributed by atoms with van der Waals surface area (Å²) in [5, 5.41) is 9.90. The summed E-state index contributed by atoms with van der Waals surface area (Å²) in [5.41, 5.74) is 2.10. The van der Waals surface area contributed by atoms with E-state index < -0.39 is 15.1 Å². The number of nitrogens with one attached hydrogen (secondary N) is 2. The molecular weight excluding hydrogens is 420 g/mol. The van der Waals surface area contributed by atoms with Crippen LogP contribution in [-0.2, 0) is 14.6 Å². The fourth-order valence-electron chi connectivity index (χ4n) is 2.43. The summed E-state index contributed by atoms with van der Waals surface area (Å²) in [6, 6.07) is 8.53. The Morgan fingerprint density at radius 3 is 2.54 bits per heavy atom. The number of sulfone groups is 1. The molecule has 26 heavy (non-hydrogen) atoms. The van der Waals surface area contributed by atoms with Crippen LogP contribution >= 0.6 is 15.9 Å². The molecular formula is C17H17BrN4O3S. The molecule has 7 nitrogen and oxygen atoms in total. The van der Waals surface area contributed by atoms with E-state index in [9.17, 15) is 13.2 Å². The number of carbonyl (C=O) groups excluding carboxylic acids is 1. The molecule has 0 spiro atoms. The van der Waals surface area contributed by atoms with Crippen molar-refractivity contribution in [1.29, 1.82) is 0 Å². The van der Waals surface area contributed by atoms with Crippen LogP contribution < -0.4 is 5.32 Å². The number of hydrogen-bond donors (Lipinski definition) is 2. The van der Waals surface area contributed by atoms with Crippen molar-refractivity contribution in [2.75, 3.05) is 10.6 Å². The van der Waals surface area contributed by atoms with Crippen LogP contribution in [0.5, 0.6) is 0 Å². The number of nitrogens with zero attached hydrogens (tertiary/aromatic N) is 2. The Bertz CT molecular complexity index is 1060. The van der Waals surface area contributed by atoms with Crippen molar-refractivity contribution in [3.05, 3.63) is 36.5 Å². The molecule has 1 amide bonds. The van der Waals surface area contributed by atoms with E-state index >= 15 is 0 Å². The van der Waals surface area contributed by atoms with E-state index in [-0.39, 0.29) is 11.2 Å². The topological polar surface area (TPSA) is 105 Å². The average Bonchev–Trinajstić information content (AvgIpc) is 3.03. The quantitative estimate of drug-likeness (QED) is 0.597. The molecule has 0 saturated carbocycles. The molecule has 0 atom stereocenters. The minimum absolute atomic E-state index is 0.173. The van der Waals surface area contributed by atoms with Crippen molar-refractivity contribution in [1.82, 2.24) is 15.2 Å². The van der Waals surface area contributed by atoms with E-state index in [0.717, 1.165) is 11.1 Å². The van der Waals surface area contributed by atoms with Gasteiger partial charge in [-0.3, -0.25) is 9.89 Å². The normalized spacial score (nSPS) is 11.8. The van der Waals surface area contributed by atoms with Gasteiger partial charge in [-0.25, -0.2) is 13.4 Å². The first-order chi connectivity index (χ1) is 12.3. The SMILES string of the molecule is CC(C)S(=O)(=O)c1ccc(-c2cnc3n[nH]c(NC(=O)CBr)c3c2)cc1. The number of hydrogen-bond acceptors (Lipinski definition) is 5. The number of alkyl halides is 1. The molecule has 0 fully saturated rings. The average molecular weight is 437 g/mol. The second-order valence-corrected chi connectivity index (χ2v) is 9.06. The Kier molecular flexibility index (Phi) is 5.10. The van der Waals surface area contributed by atoms with Crippen LogP contribution in [0.3, 0.4) is 0 Å². The fourth-order valence-corrected chi connectivity index (χ4v) is 3.63. The minimum Gasteiger partial charge on any atom is -0.310 e. The van der Waals surface area contributed by atoms with Gasteiger partial charge in [-0.2, -0.15) is 5.10 Å². The van der Waals surface area contributed by atoms with Gasteiger partial charge in [0.1, 0.15) is 5.82 Å². The largest absolute Gasteiger partial charge is 0.310 e. The van der Waals surface area contributed by atoms with E-state index in [0.29, 0.717) is 21.7 Å². The van der Waals surface area contributed by atoms with Gasteiger partial charge in [0.25, 0.3) is 0 Å². The van der Waals surface area contributed by atoms with Crippen LogP contribution in [0.4, 0.5) is 5.82 Å². The highest BCUT2D eigenvalue weighted by molar-refractivity contribution is 9.09. The number of rotatable bonds is 5. The first kappa shape index (κ1) is 18.5. The van der Waals surface area contributed by atoms with Gasteiger partial charge in [0.15, 0.2) is 15.5 Å². The molecule has 3 rings (SSSR count). The summed E-state index contributed by atoms with van der Waals surface area (Å²) in [6.07, 6.45) is 1.66. The molecule has 0 aliphatic heterocycles. The van der Waals surface area contributed by atoms with Crippen molar-refractivity contribution < 1.29 is 13.2 Å². The highest BCUT2D eigenvalue weighted by Crippen LogP contribution is 2.27. The Morgan fingerprint density at radius 2 is 1.92 bits per heavy atom. The standard InChI is InChI=1S/C17H17BrN4O3S/c1-10(2)26(24,25)13-5-3-11(4-6-13)12-7-14-16(19-9-12)21-22-17(14)20-15(23)8-18/h3-7,9-10H,8H2,1-2H3,(H2,19,20,21,22,23). The first-order valence-corrected chi connectivity index (χ1v) is 10.5. The van der Waals surface area contributed by atoms with Gasteiger partial charge in [0.05, 0.1) is 20.9 Å². The number of H-pyrrole nitrogens is 1. The molecule has 0 unspecified atom stereocenters. The number of aromatic amines is 1. The van der Waals surface area contributed by atoms with Crippen molar-refractivity contribution in [2.24, 2.45) is 0 Å². The van der Waals surface area contributed by atoms with Crippen LogP contribution in [0.1, 0.15) is 13.8 Å². The predicted molar refractivity (Wildman–Crippen MR) is 104 cm³/mol. The lowest BCUT2D eigenvalue weighted by Gasteiger charge is -2.09. The smallest absolute Gasteiger partial charge is 0.236 e. The Labute approximate surface area is 159 Å². The van der Waals surface area contributed by atoms with Gasteiger partial charge in [-0.15, -0.1) is 0 Å². The van der Waals surface area contributed by atoms with Crippen molar-refractivity contribution >= 4 is 48.5 Å². The van der Waals surface area contributed by atoms with E-state index in [1.165, 1.54) is 0 Å². The number of aromatic nitrogens is 3. The predicted octanol–water partition coefficient (Wildman–Crippen LogP) is 3.14. The number of fused-ring (bicyclic) bond motifs is 1. The fraction of sp³-hybridized carbons (Fsp3) is 0.235. The molecule has 1 aromatic carbocycles. The molecule has 136 valence electrons. The minimum atomic E-state index is -3.31. The number of amides is 1. The van der Waals surface area contributed by atoms with E-state index in [1.807, 2.05) is 6.07 Å². The van der Waals surface area contributed by atoms with Crippen molar-refractivity contribution in [3.63, 3.8) is 0 Å². The number of anilines is 1. The Balaban J connectivity index is 1.98. The summed E-state index contributed by atoms with van der Waals surface area (Å²) >= 11 is 3.10. The summed E-state index contributed by atoms with van der Waals surface area (Å²) in [6.45, 7) is 3.31. The molecule has 2 aromatic heterocycles. The summed E-state index contributed by atoms with van der Waals surface area (Å²) in [7, 11) is -3.31. The lowest BCUT2D eigenvalue weighted by atomic mass is 10.1. The van der Waals surface area contributed by atoms with Gasteiger partial charge in [0, 0.05) is 11.8 Å². The summed E-state index contributed by atoms with van der Waals surface area (Å²) in [4.78, 5) is 16.2. The molecule has 2 N–H and O–H groups in total. The third-order valence-electron chi connectivity index (χ3n) is 3.93. The first-order valence-electron chi connectivity index (χ1n) is 7.87. The monoisotopic (exact) mass is 436 g/mol. The van der Waals surface area contributed by atoms with Crippen molar-refractivity contribution in [2.45, 2.75) is 24.0 Å². The van der Waals surface area contributed by atoms with E-state index in [2.05, 4.69) is 36.4 Å². The number of halogens is 1. The van der Waals surface area contributed by atoms with E-state index in [4.69, 9.17) is 0 Å². The van der Waals surface area contributed by atoms with Crippen LogP contribution in [0.15, 0.2) is 41.4 Å². The highest BCUT2D eigenvalue weighted by Gasteiger charge is 2.19. The van der Waals surface area contributed by atoms with Crippen molar-refractivity contribution in [3.8, 4) is 11.1 Å². The second-order valence-electron chi connectivity index (χ2n) is 5.99. The number of carbonyl (C=O) groups is 1. The highest BCUT2D eigenvalue weighted by atomic mass is 79.9. The lowest BCUT2D eigenvalue weighted by Crippen LogP contribution is -2.13. The zero-order valence-corrected chi connectivity index (χ0v) is 16.6. The number of benzene rings is 1. The lowest BCUT2D eigenvalue weighted by molar-refractivity contribution is -0.113. The maximum absolute atomic E-state index is 12.2. The number of pyridine rings is 1. The maximum Gasteiger partial charge on any atom is 0.236 e. The van der Waals surface area contributed by atoms with Crippen LogP contribution in [0.25, 0.3) is 22.2 Å². The maximum atomic E-state index is 12.2. The van der Waals surface area contributed by atoms with Gasteiger partial charge in [-0.1, -0.05) is 28.1 Å². The zero-order valence-electron chi connectivity index (χ0n) is 14.2. The Morgan fingerprint density at radius 1 is 1.23 bits per heavy atom. The molecule has 3 aromatic rings. The van der Waals surface area contributed by atoms with Gasteiger partial charge in [0.2, 0.25) is 5.91 Å². The van der Waals surface area contributed by atoms with Gasteiger partial charge >= 0.3 is 0 Å². The molecule has 2 heterocycles. The Hall–Kier alpha value is -2.26. The molecule has 0 aliphatic rings. The van der Waals surface area contributed by atoms with Gasteiger partial charge < -0.3 is 5.32 Å². The molecule has 0 saturated heterocycles. The summed E-state index contributed by atoms with van der Waals surface area (Å²) < 4.78 is 24.5. The van der Waals surface area contributed by atoms with Crippen LogP contribution in [0.2, 0.25) is 0 Å². The zero-order chi connectivity index (χ0) is 18.9. The summed E-state index contributed by atoms with van der Waals surface area (Å²) in [5.74, 6) is 0.266. The van der Waals surface area contributed by atoms with Gasteiger partial charge in [-0.05, 0) is 37.6 Å². The third-order valence-corrected chi connectivity index (χ3v) is 6.61. The van der Waals surface area contributed by atoms with Crippen LogP contribution in [-0.4, -0.2) is 40.1 Å². The molecule has 9 heteroatoms. The third kappa shape index (κ3) is 3.49.